The molecule has 2 aromatic heterocycles. The van der Waals surface area contributed by atoms with Gasteiger partial charge >= 0.3 is 0 Å². The van der Waals surface area contributed by atoms with E-state index in [0.717, 1.165) is 12.8 Å². The Balaban J connectivity index is 1.50. The fourth-order valence-corrected chi connectivity index (χ4v) is 3.05. The second kappa shape index (κ2) is 7.03. The van der Waals surface area contributed by atoms with Gasteiger partial charge in [-0.1, -0.05) is 30.3 Å². The number of carbonyl (C=O) groups is 1. The van der Waals surface area contributed by atoms with Gasteiger partial charge in [-0.05, 0) is 31.0 Å². The van der Waals surface area contributed by atoms with Crippen LogP contribution in [0, 0.1) is 0 Å². The number of rotatable bonds is 5. The maximum Gasteiger partial charge on any atom is 0.290 e. The Morgan fingerprint density at radius 1 is 1.27 bits per heavy atom. The molecule has 1 aliphatic heterocycles. The average molecular weight is 353 g/mol. The van der Waals surface area contributed by atoms with E-state index in [1.807, 2.05) is 37.3 Å². The first-order valence-electron chi connectivity index (χ1n) is 8.71. The highest BCUT2D eigenvalue weighted by atomic mass is 16.6. The predicted octanol–water partition coefficient (Wildman–Crippen LogP) is 3.99. The number of nitrogens with zero attached hydrogens (tertiary/aromatic N) is 3. The molecule has 1 unspecified atom stereocenters. The van der Waals surface area contributed by atoms with Crippen LogP contribution in [0.1, 0.15) is 48.1 Å². The van der Waals surface area contributed by atoms with Crippen LogP contribution >= 0.6 is 0 Å². The van der Waals surface area contributed by atoms with Crippen LogP contribution < -0.4 is 4.74 Å². The van der Waals surface area contributed by atoms with Gasteiger partial charge < -0.3 is 18.6 Å². The lowest BCUT2D eigenvalue weighted by molar-refractivity contribution is 0.0673. The fourth-order valence-electron chi connectivity index (χ4n) is 3.05. The number of para-hydroxylation sites is 1. The molecule has 1 amide bonds. The quantitative estimate of drug-likeness (QED) is 0.690. The number of likely N-dealkylation sites (tertiary alicyclic amines) is 1. The Morgan fingerprint density at radius 2 is 2.12 bits per heavy atom. The third-order valence-electron chi connectivity index (χ3n) is 4.35. The van der Waals surface area contributed by atoms with E-state index in [-0.39, 0.29) is 23.7 Å². The second-order valence-corrected chi connectivity index (χ2v) is 6.09. The summed E-state index contributed by atoms with van der Waals surface area (Å²) in [6.07, 6.45) is 2.38. The molecule has 4 rings (SSSR count). The van der Waals surface area contributed by atoms with E-state index in [9.17, 15) is 4.79 Å². The predicted molar refractivity (Wildman–Crippen MR) is 91.9 cm³/mol. The molecular weight excluding hydrogens is 334 g/mol. The van der Waals surface area contributed by atoms with Crippen LogP contribution in [0.5, 0.6) is 11.7 Å². The van der Waals surface area contributed by atoms with Crippen molar-refractivity contribution in [3.8, 4) is 11.7 Å². The molecule has 26 heavy (non-hydrogen) atoms. The standard InChI is InChI=1S/C19H19N3O4/c1-2-16-20-18(26-21-16)14-9-6-12-22(14)19(23)15-10-11-17(25-15)24-13-7-4-3-5-8-13/h3-5,7-8,10-11,14H,2,6,9,12H2,1H3. The first-order valence-corrected chi connectivity index (χ1v) is 8.71. The number of aromatic nitrogens is 2. The van der Waals surface area contributed by atoms with Crippen molar-refractivity contribution in [2.75, 3.05) is 6.54 Å². The molecule has 0 radical (unpaired) electrons. The highest BCUT2D eigenvalue weighted by molar-refractivity contribution is 5.92. The third kappa shape index (κ3) is 3.20. The van der Waals surface area contributed by atoms with Crippen molar-refractivity contribution in [2.24, 2.45) is 0 Å². The summed E-state index contributed by atoms with van der Waals surface area (Å²) < 4.78 is 16.5. The molecule has 7 nitrogen and oxygen atoms in total. The van der Waals surface area contributed by atoms with Gasteiger partial charge in [0, 0.05) is 19.0 Å². The summed E-state index contributed by atoms with van der Waals surface area (Å²) in [7, 11) is 0. The van der Waals surface area contributed by atoms with E-state index in [2.05, 4.69) is 10.1 Å². The van der Waals surface area contributed by atoms with Gasteiger partial charge in [0.25, 0.3) is 11.9 Å². The molecule has 1 aromatic carbocycles. The maximum absolute atomic E-state index is 12.9. The number of furan rings is 1. The lowest BCUT2D eigenvalue weighted by atomic mass is 10.2. The summed E-state index contributed by atoms with van der Waals surface area (Å²) in [5.74, 6) is 2.10. The molecule has 1 saturated heterocycles. The summed E-state index contributed by atoms with van der Waals surface area (Å²) in [6.45, 7) is 2.59. The first kappa shape index (κ1) is 16.4. The molecule has 0 spiro atoms. The van der Waals surface area contributed by atoms with Gasteiger partial charge in [0.2, 0.25) is 5.89 Å². The van der Waals surface area contributed by atoms with E-state index in [1.165, 1.54) is 0 Å². The van der Waals surface area contributed by atoms with Crippen LogP contribution in [-0.2, 0) is 6.42 Å². The number of hydrogen-bond donors (Lipinski definition) is 0. The molecule has 0 bridgehead atoms. The van der Waals surface area contributed by atoms with Crippen molar-refractivity contribution in [2.45, 2.75) is 32.2 Å². The van der Waals surface area contributed by atoms with Crippen molar-refractivity contribution in [1.82, 2.24) is 15.0 Å². The highest BCUT2D eigenvalue weighted by Crippen LogP contribution is 2.33. The number of carbonyl (C=O) groups excluding carboxylic acids is 1. The van der Waals surface area contributed by atoms with Gasteiger partial charge in [-0.2, -0.15) is 4.98 Å². The molecule has 1 fully saturated rings. The van der Waals surface area contributed by atoms with E-state index < -0.39 is 0 Å². The molecule has 1 aliphatic rings. The lowest BCUT2D eigenvalue weighted by Crippen LogP contribution is -2.30. The zero-order chi connectivity index (χ0) is 17.9. The Labute approximate surface area is 150 Å². The van der Waals surface area contributed by atoms with Gasteiger partial charge in [-0.25, -0.2) is 0 Å². The smallest absolute Gasteiger partial charge is 0.290 e. The van der Waals surface area contributed by atoms with Crippen LogP contribution in [0.25, 0.3) is 0 Å². The normalized spacial score (nSPS) is 16.8. The largest absolute Gasteiger partial charge is 0.426 e. The Bertz CT molecular complexity index is 887. The molecule has 3 heterocycles. The molecule has 0 N–H and O–H groups in total. The molecule has 134 valence electrons. The van der Waals surface area contributed by atoms with Gasteiger partial charge in [0.05, 0.1) is 0 Å². The van der Waals surface area contributed by atoms with Gasteiger partial charge in [-0.15, -0.1) is 0 Å². The summed E-state index contributed by atoms with van der Waals surface area (Å²) in [5, 5.41) is 3.93. The van der Waals surface area contributed by atoms with Crippen LogP contribution in [-0.4, -0.2) is 27.5 Å². The summed E-state index contributed by atoms with van der Waals surface area (Å²) in [4.78, 5) is 19.0. The summed E-state index contributed by atoms with van der Waals surface area (Å²) in [6, 6.07) is 12.3. The van der Waals surface area contributed by atoms with Crippen LogP contribution in [0.15, 0.2) is 51.4 Å². The van der Waals surface area contributed by atoms with Crippen molar-refractivity contribution >= 4 is 5.91 Å². The SMILES string of the molecule is CCc1noc(C2CCCN2C(=O)c2ccc(Oc3ccccc3)o2)n1. The van der Waals surface area contributed by atoms with E-state index in [1.54, 1.807) is 17.0 Å². The third-order valence-corrected chi connectivity index (χ3v) is 4.35. The second-order valence-electron chi connectivity index (χ2n) is 6.09. The Morgan fingerprint density at radius 3 is 2.88 bits per heavy atom. The Kier molecular flexibility index (Phi) is 4.43. The van der Waals surface area contributed by atoms with E-state index in [0.29, 0.717) is 30.4 Å². The van der Waals surface area contributed by atoms with Gasteiger partial charge in [0.15, 0.2) is 11.6 Å². The molecule has 3 aromatic rings. The first-order chi connectivity index (χ1) is 12.7. The fraction of sp³-hybridized carbons (Fsp3) is 0.316. The van der Waals surface area contributed by atoms with Crippen molar-refractivity contribution in [3.63, 3.8) is 0 Å². The molecule has 1 atom stereocenters. The number of hydrogen-bond acceptors (Lipinski definition) is 6. The molecule has 0 aliphatic carbocycles. The zero-order valence-electron chi connectivity index (χ0n) is 14.4. The summed E-state index contributed by atoms with van der Waals surface area (Å²) in [5.41, 5.74) is 0. The van der Waals surface area contributed by atoms with Crippen molar-refractivity contribution in [3.05, 3.63) is 59.9 Å². The minimum absolute atomic E-state index is 0.202. The number of benzene rings is 1. The average Bonchev–Trinajstić information content (AvgIpc) is 3.41. The van der Waals surface area contributed by atoms with Crippen molar-refractivity contribution < 1.29 is 18.5 Å². The number of amides is 1. The van der Waals surface area contributed by atoms with Crippen molar-refractivity contribution in [1.29, 1.82) is 0 Å². The monoisotopic (exact) mass is 353 g/mol. The highest BCUT2D eigenvalue weighted by Gasteiger charge is 2.35. The minimum atomic E-state index is -0.209. The maximum atomic E-state index is 12.9. The number of aryl methyl sites for hydroxylation is 1. The van der Waals surface area contributed by atoms with Crippen LogP contribution in [0.2, 0.25) is 0 Å². The van der Waals surface area contributed by atoms with Gasteiger partial charge in [0.1, 0.15) is 11.8 Å². The Hall–Kier alpha value is -3.09. The number of ether oxygens (including phenoxy) is 1. The zero-order valence-corrected chi connectivity index (χ0v) is 14.4. The van der Waals surface area contributed by atoms with Crippen LogP contribution in [0.3, 0.4) is 0 Å². The topological polar surface area (TPSA) is 81.6 Å². The molecule has 0 saturated carbocycles. The van der Waals surface area contributed by atoms with Gasteiger partial charge in [-0.3, -0.25) is 4.79 Å². The minimum Gasteiger partial charge on any atom is -0.426 e. The van der Waals surface area contributed by atoms with Crippen LogP contribution in [0.4, 0.5) is 0 Å². The summed E-state index contributed by atoms with van der Waals surface area (Å²) >= 11 is 0. The van der Waals surface area contributed by atoms with E-state index >= 15 is 0 Å². The lowest BCUT2D eigenvalue weighted by Gasteiger charge is -2.20. The molecular formula is C19H19N3O4. The van der Waals surface area contributed by atoms with E-state index in [4.69, 9.17) is 13.7 Å². The molecule has 7 heteroatoms.